The molecule has 2 aromatic rings. The minimum absolute atomic E-state index is 0.316. The van der Waals surface area contributed by atoms with Crippen molar-refractivity contribution in [1.82, 2.24) is 19.5 Å². The summed E-state index contributed by atoms with van der Waals surface area (Å²) in [6, 6.07) is 0.316. The summed E-state index contributed by atoms with van der Waals surface area (Å²) < 4.78 is 7.52. The van der Waals surface area contributed by atoms with Gasteiger partial charge in [-0.05, 0) is 20.3 Å². The van der Waals surface area contributed by atoms with Crippen LogP contribution >= 0.6 is 0 Å². The quantitative estimate of drug-likeness (QED) is 0.912. The van der Waals surface area contributed by atoms with Gasteiger partial charge in [0.25, 0.3) is 0 Å². The maximum Gasteiger partial charge on any atom is 0.229 e. The summed E-state index contributed by atoms with van der Waals surface area (Å²) in [6.07, 6.45) is 2.90. The highest BCUT2D eigenvalue weighted by atomic mass is 16.5. The van der Waals surface area contributed by atoms with E-state index in [2.05, 4.69) is 40.5 Å². The average Bonchev–Trinajstić information content (AvgIpc) is 2.97. The summed E-state index contributed by atoms with van der Waals surface area (Å²) in [5.74, 6) is 1.59. The van der Waals surface area contributed by atoms with Gasteiger partial charge in [0.15, 0.2) is 17.0 Å². The van der Waals surface area contributed by atoms with Crippen LogP contribution in [0.1, 0.15) is 33.2 Å². The van der Waals surface area contributed by atoms with Crippen LogP contribution in [0.3, 0.4) is 0 Å². The zero-order valence-corrected chi connectivity index (χ0v) is 13.5. The van der Waals surface area contributed by atoms with Crippen molar-refractivity contribution >= 4 is 22.9 Å². The molecule has 1 aliphatic heterocycles. The maximum absolute atomic E-state index is 5.42. The van der Waals surface area contributed by atoms with E-state index in [4.69, 9.17) is 14.7 Å². The third-order valence-electron chi connectivity index (χ3n) is 3.80. The van der Waals surface area contributed by atoms with Crippen LogP contribution in [0.5, 0.6) is 0 Å². The molecule has 22 heavy (non-hydrogen) atoms. The molecule has 1 saturated heterocycles. The van der Waals surface area contributed by atoms with Crippen molar-refractivity contribution in [2.24, 2.45) is 0 Å². The van der Waals surface area contributed by atoms with Crippen LogP contribution in [0.25, 0.3) is 11.2 Å². The van der Waals surface area contributed by atoms with Crippen molar-refractivity contribution in [2.45, 2.75) is 33.2 Å². The van der Waals surface area contributed by atoms with E-state index in [-0.39, 0.29) is 0 Å². The molecule has 0 amide bonds. The fraction of sp³-hybridized carbons (Fsp3) is 0.667. The maximum atomic E-state index is 5.42. The number of rotatable bonds is 5. The Bertz CT molecular complexity index is 632. The number of fused-ring (bicyclic) bond motifs is 1. The minimum Gasteiger partial charge on any atom is -0.378 e. The van der Waals surface area contributed by atoms with Crippen LogP contribution in [0.2, 0.25) is 0 Å². The highest BCUT2D eigenvalue weighted by molar-refractivity contribution is 5.84. The number of nitrogens with one attached hydrogen (secondary N) is 1. The SMILES string of the molecule is CCCNc1nc(N2CCOCC2)nc2c1ncn2C(C)C. The van der Waals surface area contributed by atoms with Gasteiger partial charge in [0.05, 0.1) is 19.5 Å². The van der Waals surface area contributed by atoms with E-state index in [9.17, 15) is 0 Å². The van der Waals surface area contributed by atoms with E-state index < -0.39 is 0 Å². The van der Waals surface area contributed by atoms with Crippen LogP contribution < -0.4 is 10.2 Å². The van der Waals surface area contributed by atoms with Crippen molar-refractivity contribution in [2.75, 3.05) is 43.1 Å². The molecule has 1 aliphatic rings. The molecule has 0 saturated carbocycles. The number of morpholine rings is 1. The predicted molar refractivity (Wildman–Crippen MR) is 87.5 cm³/mol. The standard InChI is InChI=1S/C15H24N6O/c1-4-5-16-13-12-14(21(10-17-12)11(2)3)19-15(18-13)20-6-8-22-9-7-20/h10-11H,4-9H2,1-3H3,(H,16,18,19). The Labute approximate surface area is 130 Å². The minimum atomic E-state index is 0.316. The molecule has 0 bridgehead atoms. The molecular formula is C15H24N6O. The Morgan fingerprint density at radius 2 is 2.05 bits per heavy atom. The van der Waals surface area contributed by atoms with Gasteiger partial charge in [0.1, 0.15) is 0 Å². The Balaban J connectivity index is 2.05. The van der Waals surface area contributed by atoms with Gasteiger partial charge in [-0.3, -0.25) is 0 Å². The molecule has 0 spiro atoms. The van der Waals surface area contributed by atoms with Crippen molar-refractivity contribution in [3.05, 3.63) is 6.33 Å². The highest BCUT2D eigenvalue weighted by Gasteiger charge is 2.19. The van der Waals surface area contributed by atoms with Gasteiger partial charge in [0.2, 0.25) is 5.95 Å². The third-order valence-corrected chi connectivity index (χ3v) is 3.80. The van der Waals surface area contributed by atoms with Crippen LogP contribution in [0.15, 0.2) is 6.33 Å². The molecule has 7 heteroatoms. The number of hydrogen-bond acceptors (Lipinski definition) is 6. The van der Waals surface area contributed by atoms with E-state index in [1.54, 1.807) is 0 Å². The number of aromatic nitrogens is 4. The monoisotopic (exact) mass is 304 g/mol. The topological polar surface area (TPSA) is 68.1 Å². The first kappa shape index (κ1) is 15.0. The lowest BCUT2D eigenvalue weighted by Crippen LogP contribution is -2.37. The average molecular weight is 304 g/mol. The van der Waals surface area contributed by atoms with Crippen LogP contribution in [-0.2, 0) is 4.74 Å². The third kappa shape index (κ3) is 2.85. The second-order valence-corrected chi connectivity index (χ2v) is 5.82. The van der Waals surface area contributed by atoms with Crippen molar-refractivity contribution in [1.29, 1.82) is 0 Å². The number of hydrogen-bond donors (Lipinski definition) is 1. The lowest BCUT2D eigenvalue weighted by atomic mass is 10.3. The summed E-state index contributed by atoms with van der Waals surface area (Å²) in [5.41, 5.74) is 1.74. The van der Waals surface area contributed by atoms with Crippen molar-refractivity contribution in [3.8, 4) is 0 Å². The van der Waals surface area contributed by atoms with E-state index in [1.807, 2.05) is 6.33 Å². The second kappa shape index (κ2) is 6.48. The zero-order valence-electron chi connectivity index (χ0n) is 13.5. The lowest BCUT2D eigenvalue weighted by molar-refractivity contribution is 0.122. The summed E-state index contributed by atoms with van der Waals surface area (Å²) >= 11 is 0. The van der Waals surface area contributed by atoms with E-state index in [0.29, 0.717) is 6.04 Å². The fourth-order valence-corrected chi connectivity index (χ4v) is 2.55. The van der Waals surface area contributed by atoms with Crippen molar-refractivity contribution < 1.29 is 4.74 Å². The summed E-state index contributed by atoms with van der Waals surface area (Å²) in [5, 5.41) is 3.38. The Morgan fingerprint density at radius 3 is 2.73 bits per heavy atom. The van der Waals surface area contributed by atoms with Crippen LogP contribution in [0, 0.1) is 0 Å². The Hall–Kier alpha value is -1.89. The van der Waals surface area contributed by atoms with Crippen LogP contribution in [0.4, 0.5) is 11.8 Å². The molecule has 0 unspecified atom stereocenters. The predicted octanol–water partition coefficient (Wildman–Crippen LogP) is 2.07. The zero-order chi connectivity index (χ0) is 15.5. The van der Waals surface area contributed by atoms with Crippen molar-refractivity contribution in [3.63, 3.8) is 0 Å². The first-order chi connectivity index (χ1) is 10.7. The molecule has 120 valence electrons. The molecule has 0 radical (unpaired) electrons. The van der Waals surface area contributed by atoms with Gasteiger partial charge in [0, 0.05) is 25.7 Å². The molecule has 7 nitrogen and oxygen atoms in total. The number of imidazole rings is 1. The molecule has 0 aromatic carbocycles. The van der Waals surface area contributed by atoms with Gasteiger partial charge >= 0.3 is 0 Å². The second-order valence-electron chi connectivity index (χ2n) is 5.82. The number of ether oxygens (including phenoxy) is 1. The van der Waals surface area contributed by atoms with Gasteiger partial charge in [-0.1, -0.05) is 6.92 Å². The fourth-order valence-electron chi connectivity index (χ4n) is 2.55. The smallest absolute Gasteiger partial charge is 0.229 e. The Kier molecular flexibility index (Phi) is 4.42. The lowest BCUT2D eigenvalue weighted by Gasteiger charge is -2.27. The van der Waals surface area contributed by atoms with Gasteiger partial charge in [-0.25, -0.2) is 4.98 Å². The number of anilines is 2. The molecule has 3 rings (SSSR count). The first-order valence-corrected chi connectivity index (χ1v) is 8.02. The van der Waals surface area contributed by atoms with Gasteiger partial charge < -0.3 is 19.5 Å². The summed E-state index contributed by atoms with van der Waals surface area (Å²) in [6.45, 7) is 10.4. The summed E-state index contributed by atoms with van der Waals surface area (Å²) in [7, 11) is 0. The Morgan fingerprint density at radius 1 is 1.27 bits per heavy atom. The van der Waals surface area contributed by atoms with Crippen LogP contribution in [-0.4, -0.2) is 52.4 Å². The molecule has 3 heterocycles. The van der Waals surface area contributed by atoms with Gasteiger partial charge in [-0.2, -0.15) is 9.97 Å². The molecule has 1 N–H and O–H groups in total. The van der Waals surface area contributed by atoms with E-state index in [1.165, 1.54) is 0 Å². The molecule has 0 atom stereocenters. The summed E-state index contributed by atoms with van der Waals surface area (Å²) in [4.78, 5) is 16.2. The number of nitrogens with zero attached hydrogens (tertiary/aromatic N) is 5. The first-order valence-electron chi connectivity index (χ1n) is 8.02. The highest BCUT2D eigenvalue weighted by Crippen LogP contribution is 2.25. The van der Waals surface area contributed by atoms with Gasteiger partial charge in [-0.15, -0.1) is 0 Å². The molecule has 0 aliphatic carbocycles. The molecule has 2 aromatic heterocycles. The molecule has 1 fully saturated rings. The van der Waals surface area contributed by atoms with E-state index in [0.717, 1.165) is 62.2 Å². The molecular weight excluding hydrogens is 280 g/mol. The normalized spacial score (nSPS) is 15.7. The largest absolute Gasteiger partial charge is 0.378 e. The van der Waals surface area contributed by atoms with E-state index >= 15 is 0 Å².